The van der Waals surface area contributed by atoms with E-state index in [1.165, 1.54) is 44.3 Å². The smallest absolute Gasteiger partial charge is 0.191 e. The summed E-state index contributed by atoms with van der Waals surface area (Å²) in [6.07, 6.45) is 10.1. The summed E-state index contributed by atoms with van der Waals surface area (Å²) in [5, 5.41) is 6.89. The minimum Gasteiger partial charge on any atom is -0.356 e. The van der Waals surface area contributed by atoms with Gasteiger partial charge in [0.15, 0.2) is 5.96 Å². The molecule has 0 radical (unpaired) electrons. The van der Waals surface area contributed by atoms with E-state index < -0.39 is 0 Å². The average molecular weight is 243 g/mol. The Hall–Kier alpha value is -0.380. The summed E-state index contributed by atoms with van der Waals surface area (Å²) in [5.41, 5.74) is 0. The molecule has 0 aromatic rings. The summed E-state index contributed by atoms with van der Waals surface area (Å²) >= 11 is 1.90. The Balaban J connectivity index is 2.15. The van der Waals surface area contributed by atoms with Crippen LogP contribution in [0.15, 0.2) is 4.99 Å². The summed E-state index contributed by atoms with van der Waals surface area (Å²) in [6, 6.07) is 0.639. The number of nitrogens with one attached hydrogen (secondary N) is 2. The second-order valence-corrected chi connectivity index (χ2v) is 5.31. The lowest BCUT2D eigenvalue weighted by Gasteiger charge is -2.24. The maximum absolute atomic E-state index is 4.27. The maximum atomic E-state index is 4.27. The first-order valence-corrected chi connectivity index (χ1v) is 7.72. The third-order valence-electron chi connectivity index (χ3n) is 2.99. The molecule has 4 heteroatoms. The van der Waals surface area contributed by atoms with Gasteiger partial charge in [-0.2, -0.15) is 11.8 Å². The minimum absolute atomic E-state index is 0.639. The van der Waals surface area contributed by atoms with Crippen LogP contribution in [0.4, 0.5) is 0 Å². The van der Waals surface area contributed by atoms with E-state index in [1.54, 1.807) is 0 Å². The molecule has 0 aromatic heterocycles. The quantitative estimate of drug-likeness (QED) is 0.442. The fourth-order valence-electron chi connectivity index (χ4n) is 2.06. The maximum Gasteiger partial charge on any atom is 0.191 e. The molecule has 1 aliphatic rings. The van der Waals surface area contributed by atoms with Crippen LogP contribution in [0, 0.1) is 0 Å². The number of hydrogen-bond acceptors (Lipinski definition) is 2. The van der Waals surface area contributed by atoms with Crippen molar-refractivity contribution in [1.29, 1.82) is 0 Å². The number of hydrogen-bond donors (Lipinski definition) is 2. The van der Waals surface area contributed by atoms with Gasteiger partial charge in [0.1, 0.15) is 0 Å². The number of guanidine groups is 1. The van der Waals surface area contributed by atoms with Crippen molar-refractivity contribution in [2.75, 3.05) is 25.6 Å². The lowest BCUT2D eigenvalue weighted by Crippen LogP contribution is -2.44. The largest absolute Gasteiger partial charge is 0.356 e. The van der Waals surface area contributed by atoms with E-state index in [2.05, 4.69) is 21.9 Å². The molecule has 1 fully saturated rings. The predicted molar refractivity (Wildman–Crippen MR) is 74.4 cm³/mol. The summed E-state index contributed by atoms with van der Waals surface area (Å²) in [6.45, 7) is 1.02. The normalized spacial score (nSPS) is 18.5. The SMILES string of the molecule is CN=C(NCCCSC)NC1CCCCC1. The van der Waals surface area contributed by atoms with Gasteiger partial charge in [-0.1, -0.05) is 19.3 Å². The van der Waals surface area contributed by atoms with E-state index in [0.717, 1.165) is 12.5 Å². The molecule has 0 amide bonds. The molecule has 0 aliphatic heterocycles. The standard InChI is InChI=1S/C12H25N3S/c1-13-12(14-9-6-10-16-2)15-11-7-4-3-5-8-11/h11H,3-10H2,1-2H3,(H2,13,14,15). The van der Waals surface area contributed by atoms with Gasteiger partial charge >= 0.3 is 0 Å². The van der Waals surface area contributed by atoms with Crippen molar-refractivity contribution in [2.45, 2.75) is 44.6 Å². The van der Waals surface area contributed by atoms with E-state index in [9.17, 15) is 0 Å². The number of nitrogens with zero attached hydrogens (tertiary/aromatic N) is 1. The topological polar surface area (TPSA) is 36.4 Å². The van der Waals surface area contributed by atoms with Gasteiger partial charge in [-0.3, -0.25) is 4.99 Å². The Kier molecular flexibility index (Phi) is 7.47. The number of aliphatic imine (C=N–C) groups is 1. The minimum atomic E-state index is 0.639. The lowest BCUT2D eigenvalue weighted by molar-refractivity contribution is 0.410. The predicted octanol–water partition coefficient (Wildman–Crippen LogP) is 2.24. The highest BCUT2D eigenvalue weighted by Crippen LogP contribution is 2.17. The molecule has 94 valence electrons. The fraction of sp³-hybridized carbons (Fsp3) is 0.917. The van der Waals surface area contributed by atoms with Crippen molar-refractivity contribution in [3.8, 4) is 0 Å². The van der Waals surface area contributed by atoms with E-state index in [-0.39, 0.29) is 0 Å². The van der Waals surface area contributed by atoms with Crippen LogP contribution in [-0.2, 0) is 0 Å². The van der Waals surface area contributed by atoms with E-state index in [4.69, 9.17) is 0 Å². The first-order valence-electron chi connectivity index (χ1n) is 6.33. The van der Waals surface area contributed by atoms with Gasteiger partial charge < -0.3 is 10.6 Å². The first kappa shape index (κ1) is 13.7. The molecular weight excluding hydrogens is 218 g/mol. The van der Waals surface area contributed by atoms with Crippen molar-refractivity contribution in [3.05, 3.63) is 0 Å². The van der Waals surface area contributed by atoms with Gasteiger partial charge in [0.2, 0.25) is 0 Å². The Morgan fingerprint density at radius 3 is 2.69 bits per heavy atom. The molecule has 1 aliphatic carbocycles. The number of rotatable bonds is 5. The van der Waals surface area contributed by atoms with Crippen LogP contribution in [0.25, 0.3) is 0 Å². The van der Waals surface area contributed by atoms with E-state index in [1.807, 2.05) is 18.8 Å². The highest BCUT2D eigenvalue weighted by atomic mass is 32.2. The molecule has 16 heavy (non-hydrogen) atoms. The molecule has 0 heterocycles. The first-order chi connectivity index (χ1) is 7.86. The zero-order valence-electron chi connectivity index (χ0n) is 10.6. The second-order valence-electron chi connectivity index (χ2n) is 4.32. The van der Waals surface area contributed by atoms with Crippen molar-refractivity contribution >= 4 is 17.7 Å². The van der Waals surface area contributed by atoms with Crippen LogP contribution in [0.3, 0.4) is 0 Å². The van der Waals surface area contributed by atoms with Crippen LogP contribution in [0.5, 0.6) is 0 Å². The van der Waals surface area contributed by atoms with Crippen molar-refractivity contribution in [2.24, 2.45) is 4.99 Å². The average Bonchev–Trinajstić information content (AvgIpc) is 2.34. The zero-order chi connectivity index (χ0) is 11.6. The second kappa shape index (κ2) is 8.74. The fourth-order valence-corrected chi connectivity index (χ4v) is 2.49. The molecule has 0 atom stereocenters. The van der Waals surface area contributed by atoms with Crippen LogP contribution in [0.1, 0.15) is 38.5 Å². The molecule has 1 saturated carbocycles. The molecule has 0 bridgehead atoms. The van der Waals surface area contributed by atoms with Gasteiger partial charge in [-0.25, -0.2) is 0 Å². The van der Waals surface area contributed by atoms with E-state index >= 15 is 0 Å². The van der Waals surface area contributed by atoms with Gasteiger partial charge in [-0.15, -0.1) is 0 Å². The highest BCUT2D eigenvalue weighted by molar-refractivity contribution is 7.98. The summed E-state index contributed by atoms with van der Waals surface area (Å²) in [5.74, 6) is 2.20. The Bertz CT molecular complexity index is 200. The van der Waals surface area contributed by atoms with Crippen molar-refractivity contribution in [3.63, 3.8) is 0 Å². The number of thioether (sulfide) groups is 1. The third-order valence-corrected chi connectivity index (χ3v) is 3.68. The van der Waals surface area contributed by atoms with Crippen molar-refractivity contribution in [1.82, 2.24) is 10.6 Å². The monoisotopic (exact) mass is 243 g/mol. The Labute approximate surface area is 104 Å². The van der Waals surface area contributed by atoms with E-state index in [0.29, 0.717) is 6.04 Å². The van der Waals surface area contributed by atoms with Crippen LogP contribution >= 0.6 is 11.8 Å². The summed E-state index contributed by atoms with van der Waals surface area (Å²) < 4.78 is 0. The summed E-state index contributed by atoms with van der Waals surface area (Å²) in [7, 11) is 1.85. The molecule has 0 aromatic carbocycles. The molecule has 0 saturated heterocycles. The molecule has 0 spiro atoms. The lowest BCUT2D eigenvalue weighted by atomic mass is 9.96. The Morgan fingerprint density at radius 2 is 2.06 bits per heavy atom. The highest BCUT2D eigenvalue weighted by Gasteiger charge is 2.13. The molecule has 2 N–H and O–H groups in total. The zero-order valence-corrected chi connectivity index (χ0v) is 11.4. The molecule has 1 rings (SSSR count). The van der Waals surface area contributed by atoms with Crippen LogP contribution in [0.2, 0.25) is 0 Å². The molecule has 3 nitrogen and oxygen atoms in total. The summed E-state index contributed by atoms with van der Waals surface area (Å²) in [4.78, 5) is 4.27. The van der Waals surface area contributed by atoms with Crippen molar-refractivity contribution < 1.29 is 0 Å². The van der Waals surface area contributed by atoms with Gasteiger partial charge in [0.25, 0.3) is 0 Å². The van der Waals surface area contributed by atoms with Gasteiger partial charge in [0, 0.05) is 19.6 Å². The van der Waals surface area contributed by atoms with Crippen LogP contribution in [-0.4, -0.2) is 37.6 Å². The molecule has 0 unspecified atom stereocenters. The molecular formula is C12H25N3S. The Morgan fingerprint density at radius 1 is 1.31 bits per heavy atom. The van der Waals surface area contributed by atoms with Gasteiger partial charge in [-0.05, 0) is 31.3 Å². The van der Waals surface area contributed by atoms with Crippen LogP contribution < -0.4 is 10.6 Å². The third kappa shape index (κ3) is 5.64. The van der Waals surface area contributed by atoms with Gasteiger partial charge in [0.05, 0.1) is 0 Å².